The zero-order chi connectivity index (χ0) is 11.7. The van der Waals surface area contributed by atoms with Crippen molar-refractivity contribution in [1.82, 2.24) is 15.0 Å². The van der Waals surface area contributed by atoms with Crippen molar-refractivity contribution in [3.63, 3.8) is 0 Å². The summed E-state index contributed by atoms with van der Waals surface area (Å²) in [7, 11) is 1.76. The van der Waals surface area contributed by atoms with Gasteiger partial charge >= 0.3 is 0 Å². The fraction of sp³-hybridized carbons (Fsp3) is 0.273. The molecule has 2 aromatic rings. The molecule has 0 spiro atoms. The van der Waals surface area contributed by atoms with Crippen molar-refractivity contribution in [3.05, 3.63) is 45.7 Å². The van der Waals surface area contributed by atoms with E-state index in [2.05, 4.69) is 26.2 Å². The molecule has 84 valence electrons. The van der Waals surface area contributed by atoms with Gasteiger partial charge in [0.25, 0.3) is 0 Å². The van der Waals surface area contributed by atoms with Crippen molar-refractivity contribution in [2.45, 2.75) is 13.0 Å². The van der Waals surface area contributed by atoms with Crippen molar-refractivity contribution in [2.24, 2.45) is 7.05 Å². The molecule has 2 rings (SSSR count). The largest absolute Gasteiger partial charge is 0.382 e. The van der Waals surface area contributed by atoms with Crippen molar-refractivity contribution < 1.29 is 5.11 Å². The summed E-state index contributed by atoms with van der Waals surface area (Å²) in [6.07, 6.45) is 0.889. The summed E-state index contributed by atoms with van der Waals surface area (Å²) in [6, 6.07) is 5.79. The number of hydrogen-bond donors (Lipinski definition) is 1. The molecule has 1 N–H and O–H groups in total. The van der Waals surface area contributed by atoms with Crippen LogP contribution in [0.5, 0.6) is 0 Å². The molecule has 4 nitrogen and oxygen atoms in total. The number of aromatic nitrogens is 3. The molecule has 0 aliphatic rings. The van der Waals surface area contributed by atoms with Crippen molar-refractivity contribution in [2.75, 3.05) is 0 Å². The number of rotatable bonds is 2. The van der Waals surface area contributed by atoms with Crippen LogP contribution in [0, 0.1) is 6.92 Å². The van der Waals surface area contributed by atoms with Gasteiger partial charge in [0.1, 0.15) is 6.10 Å². The molecule has 16 heavy (non-hydrogen) atoms. The van der Waals surface area contributed by atoms with Crippen LogP contribution in [0.3, 0.4) is 0 Å². The minimum atomic E-state index is -0.687. The number of hydrogen-bond acceptors (Lipinski definition) is 3. The van der Waals surface area contributed by atoms with Gasteiger partial charge in [0.15, 0.2) is 0 Å². The van der Waals surface area contributed by atoms with E-state index in [9.17, 15) is 5.11 Å². The summed E-state index contributed by atoms with van der Waals surface area (Å²) in [4.78, 5) is 0. The lowest BCUT2D eigenvalue weighted by atomic mass is 10.0. The van der Waals surface area contributed by atoms with E-state index in [0.717, 1.165) is 15.6 Å². The van der Waals surface area contributed by atoms with E-state index in [-0.39, 0.29) is 0 Å². The average Bonchev–Trinajstić information content (AvgIpc) is 2.63. The van der Waals surface area contributed by atoms with E-state index >= 15 is 0 Å². The van der Waals surface area contributed by atoms with Gasteiger partial charge in [-0.05, 0) is 30.2 Å². The van der Waals surface area contributed by atoms with Gasteiger partial charge in [0.2, 0.25) is 0 Å². The molecule has 0 amide bonds. The molecule has 0 fully saturated rings. The van der Waals surface area contributed by atoms with Gasteiger partial charge in [-0.2, -0.15) is 0 Å². The zero-order valence-electron chi connectivity index (χ0n) is 9.05. The summed E-state index contributed by atoms with van der Waals surface area (Å²) in [5.41, 5.74) is 2.59. The monoisotopic (exact) mass is 281 g/mol. The number of aliphatic hydroxyl groups excluding tert-OH is 1. The minimum Gasteiger partial charge on any atom is -0.382 e. The molecule has 0 bridgehead atoms. The second-order valence-electron chi connectivity index (χ2n) is 3.69. The fourth-order valence-electron chi connectivity index (χ4n) is 1.65. The third-order valence-electron chi connectivity index (χ3n) is 2.56. The molecule has 0 radical (unpaired) electrons. The summed E-state index contributed by atoms with van der Waals surface area (Å²) >= 11 is 3.40. The van der Waals surface area contributed by atoms with Crippen LogP contribution < -0.4 is 0 Å². The first-order chi connectivity index (χ1) is 7.59. The predicted molar refractivity (Wildman–Crippen MR) is 63.9 cm³/mol. The summed E-state index contributed by atoms with van der Waals surface area (Å²) in [6.45, 7) is 1.97. The SMILES string of the molecule is Cc1cc(Br)ccc1C(O)c1cnnn1C. The van der Waals surface area contributed by atoms with E-state index in [1.54, 1.807) is 17.9 Å². The first kappa shape index (κ1) is 11.3. The highest BCUT2D eigenvalue weighted by molar-refractivity contribution is 9.10. The summed E-state index contributed by atoms with van der Waals surface area (Å²) in [5.74, 6) is 0. The van der Waals surface area contributed by atoms with E-state index in [1.165, 1.54) is 0 Å². The van der Waals surface area contributed by atoms with Gasteiger partial charge in [-0.25, -0.2) is 4.68 Å². The maximum atomic E-state index is 10.2. The Morgan fingerprint density at radius 1 is 1.44 bits per heavy atom. The molecule has 1 atom stereocenters. The Morgan fingerprint density at radius 2 is 2.19 bits per heavy atom. The average molecular weight is 282 g/mol. The highest BCUT2D eigenvalue weighted by atomic mass is 79.9. The second-order valence-corrected chi connectivity index (χ2v) is 4.60. The second kappa shape index (κ2) is 4.35. The fourth-order valence-corrected chi connectivity index (χ4v) is 2.13. The van der Waals surface area contributed by atoms with E-state index in [0.29, 0.717) is 5.69 Å². The van der Waals surface area contributed by atoms with Gasteiger partial charge in [-0.15, -0.1) is 5.10 Å². The highest BCUT2D eigenvalue weighted by Gasteiger charge is 2.16. The Labute approximate surface area is 102 Å². The quantitative estimate of drug-likeness (QED) is 0.916. The lowest BCUT2D eigenvalue weighted by Gasteiger charge is -2.13. The molecule has 5 heteroatoms. The van der Waals surface area contributed by atoms with Gasteiger partial charge < -0.3 is 5.11 Å². The number of nitrogens with zero attached hydrogens (tertiary/aromatic N) is 3. The van der Waals surface area contributed by atoms with Gasteiger partial charge in [0.05, 0.1) is 11.9 Å². The van der Waals surface area contributed by atoms with Crippen LogP contribution in [-0.2, 0) is 7.05 Å². The maximum Gasteiger partial charge on any atom is 0.123 e. The number of aliphatic hydroxyl groups is 1. The third-order valence-corrected chi connectivity index (χ3v) is 3.05. The first-order valence-electron chi connectivity index (χ1n) is 4.88. The molecular formula is C11H12BrN3O. The molecule has 1 aromatic carbocycles. The molecule has 0 aliphatic heterocycles. The molecule has 0 aliphatic carbocycles. The molecule has 1 heterocycles. The number of benzene rings is 1. The first-order valence-corrected chi connectivity index (χ1v) is 5.67. The van der Waals surface area contributed by atoms with Crippen LogP contribution in [0.4, 0.5) is 0 Å². The topological polar surface area (TPSA) is 50.9 Å². The Bertz CT molecular complexity index is 510. The molecule has 1 aromatic heterocycles. The molecule has 0 saturated heterocycles. The van der Waals surface area contributed by atoms with Crippen LogP contribution in [0.25, 0.3) is 0 Å². The van der Waals surface area contributed by atoms with E-state index in [4.69, 9.17) is 0 Å². The maximum absolute atomic E-state index is 10.2. The third kappa shape index (κ3) is 2.01. The Balaban J connectivity index is 2.41. The van der Waals surface area contributed by atoms with E-state index < -0.39 is 6.10 Å². The lowest BCUT2D eigenvalue weighted by Crippen LogP contribution is -2.07. The lowest BCUT2D eigenvalue weighted by molar-refractivity contribution is 0.209. The Morgan fingerprint density at radius 3 is 2.75 bits per heavy atom. The normalized spacial score (nSPS) is 12.8. The smallest absolute Gasteiger partial charge is 0.123 e. The molecular weight excluding hydrogens is 270 g/mol. The van der Waals surface area contributed by atoms with Crippen LogP contribution >= 0.6 is 15.9 Å². The van der Waals surface area contributed by atoms with Crippen LogP contribution in [0.15, 0.2) is 28.9 Å². The molecule has 0 saturated carbocycles. The van der Waals surface area contributed by atoms with Crippen molar-refractivity contribution in [1.29, 1.82) is 0 Å². The number of aryl methyl sites for hydroxylation is 2. The van der Waals surface area contributed by atoms with E-state index in [1.807, 2.05) is 25.1 Å². The summed E-state index contributed by atoms with van der Waals surface area (Å²) < 4.78 is 2.58. The predicted octanol–water partition coefficient (Wildman–Crippen LogP) is 1.97. The number of halogens is 1. The highest BCUT2D eigenvalue weighted by Crippen LogP contribution is 2.25. The van der Waals surface area contributed by atoms with Gasteiger partial charge in [0, 0.05) is 11.5 Å². The summed E-state index contributed by atoms with van der Waals surface area (Å²) in [5, 5.41) is 17.8. The van der Waals surface area contributed by atoms with Crippen LogP contribution in [-0.4, -0.2) is 20.1 Å². The Hall–Kier alpha value is -1.20. The zero-order valence-corrected chi connectivity index (χ0v) is 10.6. The molecule has 1 unspecified atom stereocenters. The van der Waals surface area contributed by atoms with Crippen LogP contribution in [0.2, 0.25) is 0 Å². The van der Waals surface area contributed by atoms with Crippen molar-refractivity contribution >= 4 is 15.9 Å². The van der Waals surface area contributed by atoms with Crippen molar-refractivity contribution in [3.8, 4) is 0 Å². The Kier molecular flexibility index (Phi) is 3.07. The minimum absolute atomic E-state index is 0.686. The standard InChI is InChI=1S/C11H12BrN3O/c1-7-5-8(12)3-4-9(7)11(16)10-6-13-14-15(10)2/h3-6,11,16H,1-2H3. The van der Waals surface area contributed by atoms with Gasteiger partial charge in [-0.1, -0.05) is 27.2 Å². The van der Waals surface area contributed by atoms with Gasteiger partial charge in [-0.3, -0.25) is 0 Å². The van der Waals surface area contributed by atoms with Crippen LogP contribution in [0.1, 0.15) is 22.9 Å².